The molecule has 1 unspecified atom stereocenters. The van der Waals surface area contributed by atoms with Crippen LogP contribution in [0.1, 0.15) is 18.1 Å². The molecule has 1 aliphatic heterocycles. The Kier molecular flexibility index (Phi) is 5.05. The van der Waals surface area contributed by atoms with Crippen LogP contribution < -0.4 is 9.47 Å². The largest absolute Gasteiger partial charge is 0.490 e. The number of carboxylic acids is 1. The molecular formula is C13H15ClO6. The van der Waals surface area contributed by atoms with E-state index in [1.54, 1.807) is 12.1 Å². The monoisotopic (exact) mass is 302 g/mol. The third-order valence-electron chi connectivity index (χ3n) is 2.73. The lowest BCUT2D eigenvalue weighted by atomic mass is 10.1. The number of carboxylic acid groups (broad SMARTS) is 1. The summed E-state index contributed by atoms with van der Waals surface area (Å²) < 4.78 is 15.8. The van der Waals surface area contributed by atoms with Gasteiger partial charge in [0.05, 0.1) is 24.8 Å². The van der Waals surface area contributed by atoms with Gasteiger partial charge in [-0.25, -0.2) is 4.79 Å². The zero-order valence-electron chi connectivity index (χ0n) is 10.7. The molecule has 0 aromatic heterocycles. The molecule has 0 spiro atoms. The van der Waals surface area contributed by atoms with Crippen molar-refractivity contribution in [3.63, 3.8) is 0 Å². The minimum atomic E-state index is -1.10. The maximum Gasteiger partial charge on any atom is 0.329 e. The highest BCUT2D eigenvalue weighted by Gasteiger charge is 2.19. The number of aliphatic hydroxyl groups is 1. The Morgan fingerprint density at radius 1 is 1.35 bits per heavy atom. The highest BCUT2D eigenvalue weighted by molar-refractivity contribution is 6.31. The summed E-state index contributed by atoms with van der Waals surface area (Å²) in [6.07, 6.45) is -0.259. The van der Waals surface area contributed by atoms with Crippen molar-refractivity contribution in [3.05, 3.63) is 22.7 Å². The van der Waals surface area contributed by atoms with E-state index in [0.717, 1.165) is 6.42 Å². The van der Waals surface area contributed by atoms with Crippen LogP contribution in [0.25, 0.3) is 0 Å². The van der Waals surface area contributed by atoms with Crippen LogP contribution in [0.4, 0.5) is 0 Å². The smallest absolute Gasteiger partial charge is 0.329 e. The normalized spacial score (nSPS) is 15.5. The van der Waals surface area contributed by atoms with E-state index >= 15 is 0 Å². The quantitative estimate of drug-likeness (QED) is 0.860. The van der Waals surface area contributed by atoms with Gasteiger partial charge in [0.1, 0.15) is 12.7 Å². The van der Waals surface area contributed by atoms with E-state index in [4.69, 9.17) is 30.9 Å². The lowest BCUT2D eigenvalue weighted by Gasteiger charge is -2.15. The van der Waals surface area contributed by atoms with E-state index in [9.17, 15) is 9.90 Å². The SMILES string of the molecule is O=C(O)COCC(O)c1cc2c(cc1Cl)OCCCO2. The van der Waals surface area contributed by atoms with E-state index in [2.05, 4.69) is 0 Å². The fourth-order valence-corrected chi connectivity index (χ4v) is 2.08. The van der Waals surface area contributed by atoms with Crippen LogP contribution >= 0.6 is 11.6 Å². The van der Waals surface area contributed by atoms with Crippen LogP contribution in [0.5, 0.6) is 11.5 Å². The van der Waals surface area contributed by atoms with E-state index in [-0.39, 0.29) is 6.61 Å². The van der Waals surface area contributed by atoms with Gasteiger partial charge >= 0.3 is 5.97 Å². The van der Waals surface area contributed by atoms with Gasteiger partial charge < -0.3 is 24.4 Å². The molecular weight excluding hydrogens is 288 g/mol. The molecule has 1 atom stereocenters. The fraction of sp³-hybridized carbons (Fsp3) is 0.462. The van der Waals surface area contributed by atoms with Crippen molar-refractivity contribution in [1.29, 1.82) is 0 Å². The predicted molar refractivity (Wildman–Crippen MR) is 70.5 cm³/mol. The van der Waals surface area contributed by atoms with Gasteiger partial charge in [-0.15, -0.1) is 0 Å². The number of ether oxygens (including phenoxy) is 3. The van der Waals surface area contributed by atoms with Gasteiger partial charge in [-0.05, 0) is 6.07 Å². The van der Waals surface area contributed by atoms with Crippen LogP contribution in [0, 0.1) is 0 Å². The Bertz CT molecular complexity index is 490. The fourth-order valence-electron chi connectivity index (χ4n) is 1.80. The summed E-state index contributed by atoms with van der Waals surface area (Å²) in [5, 5.41) is 18.8. The van der Waals surface area contributed by atoms with Crippen molar-refractivity contribution in [3.8, 4) is 11.5 Å². The molecule has 0 fully saturated rings. The third kappa shape index (κ3) is 3.75. The summed E-state index contributed by atoms with van der Waals surface area (Å²) in [7, 11) is 0. The van der Waals surface area contributed by atoms with Gasteiger partial charge in [0, 0.05) is 18.1 Å². The van der Waals surface area contributed by atoms with E-state index in [0.29, 0.717) is 35.3 Å². The molecule has 0 radical (unpaired) electrons. The molecule has 2 N–H and O–H groups in total. The Labute approximate surface area is 120 Å². The molecule has 0 saturated carbocycles. The summed E-state index contributed by atoms with van der Waals surface area (Å²) in [4.78, 5) is 10.3. The molecule has 6 nitrogen and oxygen atoms in total. The maximum absolute atomic E-state index is 10.3. The molecule has 20 heavy (non-hydrogen) atoms. The van der Waals surface area contributed by atoms with Crippen molar-refractivity contribution in [1.82, 2.24) is 0 Å². The van der Waals surface area contributed by atoms with Gasteiger partial charge in [-0.2, -0.15) is 0 Å². The minimum Gasteiger partial charge on any atom is -0.490 e. The second kappa shape index (κ2) is 6.78. The molecule has 110 valence electrons. The van der Waals surface area contributed by atoms with Crippen LogP contribution in [0.3, 0.4) is 0 Å². The zero-order valence-corrected chi connectivity index (χ0v) is 11.4. The van der Waals surface area contributed by atoms with Crippen molar-refractivity contribution in [2.45, 2.75) is 12.5 Å². The summed E-state index contributed by atoms with van der Waals surface area (Å²) in [6.45, 7) is 0.442. The molecule has 0 aliphatic carbocycles. The van der Waals surface area contributed by atoms with Crippen molar-refractivity contribution in [2.75, 3.05) is 26.4 Å². The summed E-state index contributed by atoms with van der Waals surface area (Å²) in [5.41, 5.74) is 0.418. The number of aliphatic carboxylic acids is 1. The first-order valence-corrected chi connectivity index (χ1v) is 6.52. The lowest BCUT2D eigenvalue weighted by Crippen LogP contribution is -2.13. The Hall–Kier alpha value is -1.50. The zero-order chi connectivity index (χ0) is 14.5. The number of halogens is 1. The first-order valence-electron chi connectivity index (χ1n) is 6.14. The average molecular weight is 303 g/mol. The van der Waals surface area contributed by atoms with Gasteiger partial charge in [0.25, 0.3) is 0 Å². The summed E-state index contributed by atoms with van der Waals surface area (Å²) in [5.74, 6) is -0.0453. The number of hydrogen-bond acceptors (Lipinski definition) is 5. The van der Waals surface area contributed by atoms with Crippen LogP contribution in [0.2, 0.25) is 5.02 Å². The average Bonchev–Trinajstić information content (AvgIpc) is 2.61. The number of benzene rings is 1. The van der Waals surface area contributed by atoms with E-state index in [1.807, 2.05) is 0 Å². The molecule has 1 aromatic rings. The number of rotatable bonds is 5. The molecule has 7 heteroatoms. The topological polar surface area (TPSA) is 85.2 Å². The van der Waals surface area contributed by atoms with Gasteiger partial charge in [0.2, 0.25) is 0 Å². The van der Waals surface area contributed by atoms with E-state index < -0.39 is 18.7 Å². The van der Waals surface area contributed by atoms with Crippen molar-refractivity contribution >= 4 is 17.6 Å². The number of hydrogen-bond donors (Lipinski definition) is 2. The van der Waals surface area contributed by atoms with Crippen LogP contribution in [-0.4, -0.2) is 42.6 Å². The van der Waals surface area contributed by atoms with Gasteiger partial charge in [-0.3, -0.25) is 0 Å². The first-order chi connectivity index (χ1) is 9.58. The van der Waals surface area contributed by atoms with Crippen molar-refractivity contribution in [2.24, 2.45) is 0 Å². The second-order valence-corrected chi connectivity index (χ2v) is 4.70. The van der Waals surface area contributed by atoms with Gasteiger partial charge in [0.15, 0.2) is 11.5 Å². The molecule has 0 bridgehead atoms. The minimum absolute atomic E-state index is 0.161. The molecule has 2 rings (SSSR count). The summed E-state index contributed by atoms with van der Waals surface area (Å²) >= 11 is 6.08. The van der Waals surface area contributed by atoms with Gasteiger partial charge in [-0.1, -0.05) is 11.6 Å². The molecule has 0 saturated heterocycles. The lowest BCUT2D eigenvalue weighted by molar-refractivity contribution is -0.143. The molecule has 0 amide bonds. The number of carbonyl (C=O) groups is 1. The third-order valence-corrected chi connectivity index (χ3v) is 3.05. The van der Waals surface area contributed by atoms with Crippen LogP contribution in [-0.2, 0) is 9.53 Å². The Morgan fingerprint density at radius 2 is 2.00 bits per heavy atom. The highest BCUT2D eigenvalue weighted by Crippen LogP contribution is 2.37. The Balaban J connectivity index is 2.10. The summed E-state index contributed by atoms with van der Waals surface area (Å²) in [6, 6.07) is 3.18. The first kappa shape index (κ1) is 14.9. The number of aliphatic hydroxyl groups excluding tert-OH is 1. The Morgan fingerprint density at radius 3 is 2.65 bits per heavy atom. The number of fused-ring (bicyclic) bond motifs is 1. The highest BCUT2D eigenvalue weighted by atomic mass is 35.5. The maximum atomic E-state index is 10.3. The van der Waals surface area contributed by atoms with E-state index in [1.165, 1.54) is 0 Å². The predicted octanol–water partition coefficient (Wildman–Crippen LogP) is 1.64. The van der Waals surface area contributed by atoms with Crippen LogP contribution in [0.15, 0.2) is 12.1 Å². The molecule has 1 aliphatic rings. The molecule has 1 aromatic carbocycles. The molecule has 1 heterocycles. The second-order valence-electron chi connectivity index (χ2n) is 4.30. The van der Waals surface area contributed by atoms with Crippen molar-refractivity contribution < 1.29 is 29.2 Å². The standard InChI is InChI=1S/C13H15ClO6/c14-9-5-12-11(19-2-1-3-20-12)4-8(9)10(15)6-18-7-13(16)17/h4-5,10,15H,1-3,6-7H2,(H,16,17).